The molecule has 0 aliphatic heterocycles. The number of hydrogen-bond donors (Lipinski definition) is 1. The minimum atomic E-state index is -0.351. The van der Waals surface area contributed by atoms with Crippen LogP contribution in [0.5, 0.6) is 0 Å². The summed E-state index contributed by atoms with van der Waals surface area (Å²) in [6.07, 6.45) is 2.17. The summed E-state index contributed by atoms with van der Waals surface area (Å²) in [6.45, 7) is 0.438. The van der Waals surface area contributed by atoms with Crippen molar-refractivity contribution in [2.45, 2.75) is 19.4 Å². The van der Waals surface area contributed by atoms with Gasteiger partial charge in [0.15, 0.2) is 0 Å². The van der Waals surface area contributed by atoms with Crippen molar-refractivity contribution < 1.29 is 18.7 Å². The number of nitrogens with one attached hydrogen (secondary N) is 1. The number of carbonyl (C=O) groups is 2. The first-order valence-electron chi connectivity index (χ1n) is 8.29. The average molecular weight is 405 g/mol. The predicted octanol–water partition coefficient (Wildman–Crippen LogP) is 4.31. The van der Waals surface area contributed by atoms with Crippen LogP contribution in [0.2, 0.25) is 5.02 Å². The SMILES string of the molecule is O=C(CCCNC(=O)c1ccc(Cl)cc1)OCc1coc(-c2cccs2)n1. The van der Waals surface area contributed by atoms with Crippen LogP contribution in [-0.4, -0.2) is 23.4 Å². The molecule has 0 spiro atoms. The number of esters is 1. The predicted molar refractivity (Wildman–Crippen MR) is 103 cm³/mol. The number of ether oxygens (including phenoxy) is 1. The number of benzene rings is 1. The monoisotopic (exact) mass is 404 g/mol. The van der Waals surface area contributed by atoms with E-state index in [9.17, 15) is 9.59 Å². The Morgan fingerprint density at radius 1 is 1.22 bits per heavy atom. The van der Waals surface area contributed by atoms with E-state index in [2.05, 4.69) is 10.3 Å². The van der Waals surface area contributed by atoms with E-state index in [1.54, 1.807) is 24.3 Å². The first-order chi connectivity index (χ1) is 13.1. The minimum absolute atomic E-state index is 0.0604. The number of thiophene rings is 1. The van der Waals surface area contributed by atoms with Gasteiger partial charge in [-0.3, -0.25) is 9.59 Å². The van der Waals surface area contributed by atoms with Gasteiger partial charge in [-0.15, -0.1) is 11.3 Å². The summed E-state index contributed by atoms with van der Waals surface area (Å²) in [6, 6.07) is 10.4. The molecule has 8 heteroatoms. The van der Waals surface area contributed by atoms with Crippen molar-refractivity contribution in [3.8, 4) is 10.8 Å². The first-order valence-corrected chi connectivity index (χ1v) is 9.55. The van der Waals surface area contributed by atoms with Crippen molar-refractivity contribution in [1.82, 2.24) is 10.3 Å². The van der Waals surface area contributed by atoms with Gasteiger partial charge in [0.25, 0.3) is 5.91 Å². The maximum absolute atomic E-state index is 11.9. The third-order valence-electron chi connectivity index (χ3n) is 3.61. The van der Waals surface area contributed by atoms with Gasteiger partial charge in [-0.05, 0) is 42.1 Å². The molecule has 3 aromatic rings. The fourth-order valence-corrected chi connectivity index (χ4v) is 3.03. The molecule has 3 rings (SSSR count). The van der Waals surface area contributed by atoms with Gasteiger partial charge in [0.05, 0.1) is 4.88 Å². The van der Waals surface area contributed by atoms with Crippen molar-refractivity contribution in [3.05, 3.63) is 64.3 Å². The van der Waals surface area contributed by atoms with E-state index in [4.69, 9.17) is 20.8 Å². The minimum Gasteiger partial charge on any atom is -0.459 e. The van der Waals surface area contributed by atoms with E-state index in [1.165, 1.54) is 17.6 Å². The van der Waals surface area contributed by atoms with Gasteiger partial charge in [0, 0.05) is 23.6 Å². The smallest absolute Gasteiger partial charge is 0.306 e. The first kappa shape index (κ1) is 19.1. The van der Waals surface area contributed by atoms with Crippen molar-refractivity contribution in [3.63, 3.8) is 0 Å². The molecule has 0 fully saturated rings. The fraction of sp³-hybridized carbons (Fsp3) is 0.211. The molecule has 0 radical (unpaired) electrons. The lowest BCUT2D eigenvalue weighted by atomic mass is 10.2. The maximum Gasteiger partial charge on any atom is 0.306 e. The molecule has 0 unspecified atom stereocenters. The van der Waals surface area contributed by atoms with Crippen molar-refractivity contribution in [1.29, 1.82) is 0 Å². The van der Waals surface area contributed by atoms with Gasteiger partial charge in [0.1, 0.15) is 18.6 Å². The van der Waals surface area contributed by atoms with Crippen LogP contribution in [0, 0.1) is 0 Å². The van der Waals surface area contributed by atoms with Gasteiger partial charge in [0.2, 0.25) is 5.89 Å². The number of halogens is 1. The number of rotatable bonds is 8. The van der Waals surface area contributed by atoms with Crippen LogP contribution in [0.25, 0.3) is 10.8 Å². The van der Waals surface area contributed by atoms with E-state index >= 15 is 0 Å². The zero-order valence-electron chi connectivity index (χ0n) is 14.3. The highest BCUT2D eigenvalue weighted by Crippen LogP contribution is 2.23. The number of nitrogens with zero attached hydrogens (tertiary/aromatic N) is 1. The standard InChI is InChI=1S/C19H17ClN2O4S/c20-14-7-5-13(6-8-14)18(24)21-9-1-4-17(23)25-11-15-12-26-19(22-15)16-3-2-10-27-16/h2-3,5-8,10,12H,1,4,9,11H2,(H,21,24). The van der Waals surface area contributed by atoms with E-state index in [-0.39, 0.29) is 24.9 Å². The molecule has 0 atom stereocenters. The summed E-state index contributed by atoms with van der Waals surface area (Å²) in [5.74, 6) is -0.0406. The molecule has 2 heterocycles. The van der Waals surface area contributed by atoms with E-state index < -0.39 is 0 Å². The molecule has 0 bridgehead atoms. The molecule has 1 amide bonds. The molecular formula is C19H17ClN2O4S. The third-order valence-corrected chi connectivity index (χ3v) is 4.72. The van der Waals surface area contributed by atoms with E-state index in [1.807, 2.05) is 17.5 Å². The fourth-order valence-electron chi connectivity index (χ4n) is 2.25. The Kier molecular flexibility index (Phi) is 6.62. The molecule has 0 saturated heterocycles. The van der Waals surface area contributed by atoms with E-state index in [0.717, 1.165) is 4.88 Å². The molecule has 1 N–H and O–H groups in total. The molecule has 0 aliphatic rings. The lowest BCUT2D eigenvalue weighted by Crippen LogP contribution is -2.24. The summed E-state index contributed by atoms with van der Waals surface area (Å²) in [7, 11) is 0. The highest BCUT2D eigenvalue weighted by molar-refractivity contribution is 7.13. The topological polar surface area (TPSA) is 81.4 Å². The molecule has 1 aromatic carbocycles. The van der Waals surface area contributed by atoms with Crippen molar-refractivity contribution in [2.24, 2.45) is 0 Å². The van der Waals surface area contributed by atoms with Gasteiger partial charge in [-0.1, -0.05) is 17.7 Å². The zero-order chi connectivity index (χ0) is 19.1. The van der Waals surface area contributed by atoms with Crippen LogP contribution in [-0.2, 0) is 16.1 Å². The van der Waals surface area contributed by atoms with Crippen LogP contribution in [0.15, 0.2) is 52.5 Å². The maximum atomic E-state index is 11.9. The Morgan fingerprint density at radius 2 is 2.04 bits per heavy atom. The lowest BCUT2D eigenvalue weighted by Gasteiger charge is -2.05. The van der Waals surface area contributed by atoms with Crippen molar-refractivity contribution >= 4 is 34.8 Å². The summed E-state index contributed by atoms with van der Waals surface area (Å²) >= 11 is 7.31. The number of carbonyl (C=O) groups excluding carboxylic acids is 2. The molecule has 27 heavy (non-hydrogen) atoms. The Bertz CT molecular complexity index is 891. The summed E-state index contributed by atoms with van der Waals surface area (Å²) in [5, 5.41) is 5.26. The summed E-state index contributed by atoms with van der Waals surface area (Å²) in [4.78, 5) is 28.9. The number of amides is 1. The van der Waals surface area contributed by atoms with Gasteiger partial charge < -0.3 is 14.5 Å². The average Bonchev–Trinajstić information content (AvgIpc) is 3.35. The van der Waals surface area contributed by atoms with E-state index in [0.29, 0.717) is 35.1 Å². The van der Waals surface area contributed by atoms with Gasteiger partial charge >= 0.3 is 5.97 Å². The molecule has 140 valence electrons. The van der Waals surface area contributed by atoms with Crippen molar-refractivity contribution in [2.75, 3.05) is 6.54 Å². The second kappa shape index (κ2) is 9.34. The molecule has 6 nitrogen and oxygen atoms in total. The number of aromatic nitrogens is 1. The second-order valence-electron chi connectivity index (χ2n) is 5.65. The summed E-state index contributed by atoms with van der Waals surface area (Å²) in [5.41, 5.74) is 1.08. The molecular weight excluding hydrogens is 388 g/mol. The normalized spacial score (nSPS) is 10.6. The van der Waals surface area contributed by atoms with Gasteiger partial charge in [-0.2, -0.15) is 0 Å². The molecule has 0 aliphatic carbocycles. The number of hydrogen-bond acceptors (Lipinski definition) is 6. The van der Waals surface area contributed by atoms with Crippen LogP contribution in [0.1, 0.15) is 28.9 Å². The van der Waals surface area contributed by atoms with Crippen LogP contribution in [0.3, 0.4) is 0 Å². The largest absolute Gasteiger partial charge is 0.459 e. The molecule has 2 aromatic heterocycles. The molecule has 0 saturated carbocycles. The zero-order valence-corrected chi connectivity index (χ0v) is 15.9. The Hall–Kier alpha value is -2.64. The second-order valence-corrected chi connectivity index (χ2v) is 7.03. The Labute approximate surface area is 165 Å². The van der Waals surface area contributed by atoms with Crippen LogP contribution in [0.4, 0.5) is 0 Å². The van der Waals surface area contributed by atoms with Gasteiger partial charge in [-0.25, -0.2) is 4.98 Å². The van der Waals surface area contributed by atoms with Crippen LogP contribution < -0.4 is 5.32 Å². The number of oxazole rings is 1. The summed E-state index contributed by atoms with van der Waals surface area (Å²) < 4.78 is 10.5. The highest BCUT2D eigenvalue weighted by Gasteiger charge is 2.10. The lowest BCUT2D eigenvalue weighted by molar-refractivity contribution is -0.145. The Balaban J connectivity index is 1.34. The quantitative estimate of drug-likeness (QED) is 0.447. The highest BCUT2D eigenvalue weighted by atomic mass is 35.5. The Morgan fingerprint density at radius 3 is 2.78 bits per heavy atom. The third kappa shape index (κ3) is 5.67. The van der Waals surface area contributed by atoms with Crippen LogP contribution >= 0.6 is 22.9 Å².